The first-order valence-electron chi connectivity index (χ1n) is 5.12. The van der Waals surface area contributed by atoms with E-state index in [-0.39, 0.29) is 11.9 Å². The first kappa shape index (κ1) is 12.7. The Hall–Kier alpha value is -0.780. The van der Waals surface area contributed by atoms with Gasteiger partial charge in [-0.05, 0) is 22.0 Å². The molecule has 0 radical (unpaired) electrons. The van der Waals surface area contributed by atoms with Crippen molar-refractivity contribution < 1.29 is 9.53 Å². The average molecular weight is 320 g/mol. The Morgan fingerprint density at radius 1 is 1.59 bits per heavy atom. The van der Waals surface area contributed by atoms with Gasteiger partial charge < -0.3 is 15.4 Å². The Morgan fingerprint density at radius 3 is 2.82 bits per heavy atom. The van der Waals surface area contributed by atoms with Crippen molar-refractivity contribution in [1.82, 2.24) is 0 Å². The first-order chi connectivity index (χ1) is 8.02. The Morgan fingerprint density at radius 2 is 2.29 bits per heavy atom. The average Bonchev–Trinajstić information content (AvgIpc) is 2.58. The summed E-state index contributed by atoms with van der Waals surface area (Å²) >= 11 is 9.47. The largest absolute Gasteiger partial charge is 0.495 e. The molecule has 2 N–H and O–H groups in total. The summed E-state index contributed by atoms with van der Waals surface area (Å²) in [5.41, 5.74) is 6.40. The van der Waals surface area contributed by atoms with Gasteiger partial charge in [0.05, 0.1) is 22.3 Å². The number of nitrogens with zero attached hydrogens (tertiary/aromatic N) is 1. The number of carbonyl (C=O) groups excluding carboxylic acids is 1. The van der Waals surface area contributed by atoms with Gasteiger partial charge in [0.2, 0.25) is 5.91 Å². The van der Waals surface area contributed by atoms with Gasteiger partial charge in [0, 0.05) is 25.1 Å². The van der Waals surface area contributed by atoms with Crippen molar-refractivity contribution in [2.75, 3.05) is 18.6 Å². The molecule has 0 aliphatic carbocycles. The SMILES string of the molecule is COc1cc(N2CC(N)CC2=O)c(Cl)cc1Br. The molecule has 1 unspecified atom stereocenters. The van der Waals surface area contributed by atoms with E-state index in [4.69, 9.17) is 22.1 Å². The van der Waals surface area contributed by atoms with Crippen LogP contribution in [0.15, 0.2) is 16.6 Å². The van der Waals surface area contributed by atoms with E-state index in [2.05, 4.69) is 15.9 Å². The number of hydrogen-bond donors (Lipinski definition) is 1. The molecule has 1 atom stereocenters. The normalized spacial score (nSPS) is 19.9. The highest BCUT2D eigenvalue weighted by atomic mass is 79.9. The molecule has 1 fully saturated rings. The number of halogens is 2. The van der Waals surface area contributed by atoms with E-state index in [0.29, 0.717) is 29.4 Å². The smallest absolute Gasteiger partial charge is 0.228 e. The second-order valence-corrected chi connectivity index (χ2v) is 5.17. The first-order valence-corrected chi connectivity index (χ1v) is 6.29. The number of ether oxygens (including phenoxy) is 1. The summed E-state index contributed by atoms with van der Waals surface area (Å²) in [4.78, 5) is 13.4. The van der Waals surface area contributed by atoms with E-state index in [1.54, 1.807) is 24.1 Å². The topological polar surface area (TPSA) is 55.6 Å². The molecule has 1 aliphatic heterocycles. The van der Waals surface area contributed by atoms with Crippen molar-refractivity contribution in [3.8, 4) is 5.75 Å². The fraction of sp³-hybridized carbons (Fsp3) is 0.364. The van der Waals surface area contributed by atoms with Crippen molar-refractivity contribution in [2.45, 2.75) is 12.5 Å². The molecular weight excluding hydrogens is 307 g/mol. The van der Waals surface area contributed by atoms with Gasteiger partial charge in [-0.3, -0.25) is 4.79 Å². The zero-order valence-electron chi connectivity index (χ0n) is 9.24. The van der Waals surface area contributed by atoms with Crippen LogP contribution < -0.4 is 15.4 Å². The molecule has 1 aromatic carbocycles. The van der Waals surface area contributed by atoms with Crippen LogP contribution in [0, 0.1) is 0 Å². The van der Waals surface area contributed by atoms with Crippen LogP contribution in [0.3, 0.4) is 0 Å². The third kappa shape index (κ3) is 2.41. The minimum atomic E-state index is -0.131. The molecule has 92 valence electrons. The fourth-order valence-electron chi connectivity index (χ4n) is 1.85. The van der Waals surface area contributed by atoms with Crippen LogP contribution in [0.25, 0.3) is 0 Å². The second-order valence-electron chi connectivity index (χ2n) is 3.91. The van der Waals surface area contributed by atoms with Crippen LogP contribution >= 0.6 is 27.5 Å². The van der Waals surface area contributed by atoms with Crippen LogP contribution in [0.4, 0.5) is 5.69 Å². The molecule has 6 heteroatoms. The summed E-state index contributed by atoms with van der Waals surface area (Å²) < 4.78 is 5.94. The number of hydrogen-bond acceptors (Lipinski definition) is 3. The van der Waals surface area contributed by atoms with Gasteiger partial charge in [0.25, 0.3) is 0 Å². The molecule has 17 heavy (non-hydrogen) atoms. The van der Waals surface area contributed by atoms with E-state index < -0.39 is 0 Å². The summed E-state index contributed by atoms with van der Waals surface area (Å²) in [6.45, 7) is 0.489. The summed E-state index contributed by atoms with van der Waals surface area (Å²) in [6, 6.07) is 3.32. The minimum Gasteiger partial charge on any atom is -0.495 e. The third-order valence-corrected chi connectivity index (χ3v) is 3.59. The number of methoxy groups -OCH3 is 1. The second kappa shape index (κ2) is 4.84. The van der Waals surface area contributed by atoms with Crippen LogP contribution in [0.1, 0.15) is 6.42 Å². The Balaban J connectivity index is 2.41. The Kier molecular flexibility index (Phi) is 3.61. The molecule has 1 aromatic rings. The van der Waals surface area contributed by atoms with Gasteiger partial charge >= 0.3 is 0 Å². The third-order valence-electron chi connectivity index (χ3n) is 2.67. The van der Waals surface area contributed by atoms with E-state index >= 15 is 0 Å². The highest BCUT2D eigenvalue weighted by Gasteiger charge is 2.29. The Labute approximate surface area is 113 Å². The van der Waals surface area contributed by atoms with Gasteiger partial charge in [-0.2, -0.15) is 0 Å². The zero-order valence-corrected chi connectivity index (χ0v) is 11.6. The quantitative estimate of drug-likeness (QED) is 0.909. The highest BCUT2D eigenvalue weighted by molar-refractivity contribution is 9.10. The monoisotopic (exact) mass is 318 g/mol. The van der Waals surface area contributed by atoms with Crippen molar-refractivity contribution in [1.29, 1.82) is 0 Å². The lowest BCUT2D eigenvalue weighted by atomic mass is 10.2. The maximum Gasteiger partial charge on any atom is 0.228 e. The molecule has 1 saturated heterocycles. The van der Waals surface area contributed by atoms with E-state index in [1.807, 2.05) is 0 Å². The molecule has 2 rings (SSSR count). The van der Waals surface area contributed by atoms with Crippen LogP contribution in [-0.2, 0) is 4.79 Å². The maximum absolute atomic E-state index is 11.8. The van der Waals surface area contributed by atoms with Gasteiger partial charge in [-0.15, -0.1) is 0 Å². The van der Waals surface area contributed by atoms with Gasteiger partial charge in [0.1, 0.15) is 5.75 Å². The summed E-state index contributed by atoms with van der Waals surface area (Å²) in [7, 11) is 1.56. The zero-order chi connectivity index (χ0) is 12.6. The van der Waals surface area contributed by atoms with Crippen LogP contribution in [0.5, 0.6) is 5.75 Å². The molecular formula is C11H12BrClN2O2. The van der Waals surface area contributed by atoms with Crippen LogP contribution in [-0.4, -0.2) is 25.6 Å². The van der Waals surface area contributed by atoms with Crippen molar-refractivity contribution in [3.63, 3.8) is 0 Å². The lowest BCUT2D eigenvalue weighted by Crippen LogP contribution is -2.28. The van der Waals surface area contributed by atoms with Crippen molar-refractivity contribution in [3.05, 3.63) is 21.6 Å². The number of nitrogens with two attached hydrogens (primary N) is 1. The predicted molar refractivity (Wildman–Crippen MR) is 70.6 cm³/mol. The molecule has 1 aliphatic rings. The Bertz CT molecular complexity index is 467. The molecule has 0 spiro atoms. The fourth-order valence-corrected chi connectivity index (χ4v) is 2.75. The summed E-state index contributed by atoms with van der Waals surface area (Å²) in [6.07, 6.45) is 0.356. The molecule has 1 amide bonds. The van der Waals surface area contributed by atoms with Crippen molar-refractivity contribution in [2.24, 2.45) is 5.73 Å². The molecule has 1 heterocycles. The van der Waals surface area contributed by atoms with E-state index in [9.17, 15) is 4.79 Å². The predicted octanol–water partition coefficient (Wildman–Crippen LogP) is 2.18. The molecule has 0 aromatic heterocycles. The minimum absolute atomic E-state index is 0.0104. The number of amides is 1. The number of carbonyl (C=O) groups is 1. The number of benzene rings is 1. The summed E-state index contributed by atoms with van der Waals surface area (Å²) in [5.74, 6) is 0.626. The highest BCUT2D eigenvalue weighted by Crippen LogP contribution is 2.37. The molecule has 0 bridgehead atoms. The number of rotatable bonds is 2. The lowest BCUT2D eigenvalue weighted by molar-refractivity contribution is -0.117. The molecule has 0 saturated carbocycles. The van der Waals surface area contributed by atoms with E-state index in [0.717, 1.165) is 4.47 Å². The summed E-state index contributed by atoms with van der Waals surface area (Å²) in [5, 5.41) is 0.500. The van der Waals surface area contributed by atoms with Crippen molar-refractivity contribution >= 4 is 39.1 Å². The molecule has 4 nitrogen and oxygen atoms in total. The van der Waals surface area contributed by atoms with Gasteiger partial charge in [-0.1, -0.05) is 11.6 Å². The maximum atomic E-state index is 11.8. The van der Waals surface area contributed by atoms with Gasteiger partial charge in [0.15, 0.2) is 0 Å². The van der Waals surface area contributed by atoms with Gasteiger partial charge in [-0.25, -0.2) is 0 Å². The lowest BCUT2D eigenvalue weighted by Gasteiger charge is -2.19. The van der Waals surface area contributed by atoms with Crippen LogP contribution in [0.2, 0.25) is 5.02 Å². The van der Waals surface area contributed by atoms with E-state index in [1.165, 1.54) is 0 Å². The standard InChI is InChI=1S/C11H12BrClN2O2/c1-17-10-4-9(8(13)3-7(10)12)15-5-6(14)2-11(15)16/h3-4,6H,2,5,14H2,1H3. The number of anilines is 1.